The summed E-state index contributed by atoms with van der Waals surface area (Å²) in [6.07, 6.45) is 0. The van der Waals surface area contributed by atoms with Crippen LogP contribution in [0.5, 0.6) is 0 Å². The Bertz CT molecular complexity index is 357. The molecule has 0 radical (unpaired) electrons. The molecule has 0 fully saturated rings. The SMILES string of the molecule is Cc1cc(NCCNC(C)(C)C)cc(C)c1Br. The Balaban J connectivity index is 2.48. The summed E-state index contributed by atoms with van der Waals surface area (Å²) in [5, 5.41) is 6.90. The molecule has 1 aromatic rings. The number of hydrogen-bond acceptors (Lipinski definition) is 2. The fourth-order valence-corrected chi connectivity index (χ4v) is 1.92. The van der Waals surface area contributed by atoms with Gasteiger partial charge in [-0.1, -0.05) is 15.9 Å². The van der Waals surface area contributed by atoms with Gasteiger partial charge < -0.3 is 10.6 Å². The van der Waals surface area contributed by atoms with Gasteiger partial charge in [0.1, 0.15) is 0 Å². The molecule has 96 valence electrons. The van der Waals surface area contributed by atoms with E-state index in [4.69, 9.17) is 0 Å². The lowest BCUT2D eigenvalue weighted by Gasteiger charge is -2.21. The Kier molecular flexibility index (Phi) is 5.02. The largest absolute Gasteiger partial charge is 0.384 e. The molecular formula is C14H23BrN2. The molecule has 0 aliphatic carbocycles. The number of nitrogens with one attached hydrogen (secondary N) is 2. The molecule has 0 atom stereocenters. The Hall–Kier alpha value is -0.540. The molecule has 3 heteroatoms. The molecule has 2 nitrogen and oxygen atoms in total. The number of halogens is 1. The zero-order valence-corrected chi connectivity index (χ0v) is 13.0. The van der Waals surface area contributed by atoms with Crippen LogP contribution in [0, 0.1) is 13.8 Å². The van der Waals surface area contributed by atoms with Crippen molar-refractivity contribution < 1.29 is 0 Å². The molecule has 0 aromatic heterocycles. The van der Waals surface area contributed by atoms with Gasteiger partial charge in [0.25, 0.3) is 0 Å². The van der Waals surface area contributed by atoms with Crippen LogP contribution in [-0.2, 0) is 0 Å². The number of hydrogen-bond donors (Lipinski definition) is 2. The monoisotopic (exact) mass is 298 g/mol. The number of rotatable bonds is 4. The quantitative estimate of drug-likeness (QED) is 0.825. The van der Waals surface area contributed by atoms with Gasteiger partial charge in [0.05, 0.1) is 0 Å². The lowest BCUT2D eigenvalue weighted by molar-refractivity contribution is 0.435. The van der Waals surface area contributed by atoms with Crippen molar-refractivity contribution >= 4 is 21.6 Å². The second kappa shape index (κ2) is 5.87. The highest BCUT2D eigenvalue weighted by Gasteiger charge is 2.07. The van der Waals surface area contributed by atoms with Crippen LogP contribution in [-0.4, -0.2) is 18.6 Å². The fourth-order valence-electron chi connectivity index (χ4n) is 1.69. The third-order valence-corrected chi connectivity index (χ3v) is 3.80. The predicted octanol–water partition coefficient (Wildman–Crippen LogP) is 3.87. The zero-order valence-electron chi connectivity index (χ0n) is 11.4. The number of benzene rings is 1. The van der Waals surface area contributed by atoms with Crippen LogP contribution in [0.4, 0.5) is 5.69 Å². The van der Waals surface area contributed by atoms with Gasteiger partial charge in [0.15, 0.2) is 0 Å². The van der Waals surface area contributed by atoms with E-state index in [1.807, 2.05) is 0 Å². The lowest BCUT2D eigenvalue weighted by Crippen LogP contribution is -2.38. The molecule has 1 aromatic carbocycles. The average molecular weight is 299 g/mol. The highest BCUT2D eigenvalue weighted by molar-refractivity contribution is 9.10. The van der Waals surface area contributed by atoms with E-state index in [9.17, 15) is 0 Å². The Morgan fingerprint density at radius 3 is 2.06 bits per heavy atom. The van der Waals surface area contributed by atoms with Crippen molar-refractivity contribution in [1.29, 1.82) is 0 Å². The summed E-state index contributed by atoms with van der Waals surface area (Å²) in [4.78, 5) is 0. The van der Waals surface area contributed by atoms with E-state index in [1.54, 1.807) is 0 Å². The maximum atomic E-state index is 3.58. The maximum absolute atomic E-state index is 3.58. The number of aryl methyl sites for hydroxylation is 2. The van der Waals surface area contributed by atoms with Crippen molar-refractivity contribution in [3.8, 4) is 0 Å². The second-order valence-corrected chi connectivity index (χ2v) is 6.32. The molecule has 0 unspecified atom stereocenters. The standard InChI is InChI=1S/C14H23BrN2/c1-10-8-12(9-11(2)13(10)15)16-6-7-17-14(3,4)5/h8-9,16-17H,6-7H2,1-5H3. The van der Waals surface area contributed by atoms with Gasteiger partial charge in [0, 0.05) is 28.8 Å². The number of anilines is 1. The predicted molar refractivity (Wildman–Crippen MR) is 79.9 cm³/mol. The molecule has 0 aliphatic heterocycles. The van der Waals surface area contributed by atoms with E-state index in [2.05, 4.69) is 73.3 Å². The first-order valence-electron chi connectivity index (χ1n) is 6.05. The summed E-state index contributed by atoms with van der Waals surface area (Å²) in [6, 6.07) is 4.35. The maximum Gasteiger partial charge on any atom is 0.0346 e. The van der Waals surface area contributed by atoms with Crippen LogP contribution in [0.2, 0.25) is 0 Å². The molecule has 0 heterocycles. The molecular weight excluding hydrogens is 276 g/mol. The van der Waals surface area contributed by atoms with Crippen molar-refractivity contribution in [2.75, 3.05) is 18.4 Å². The highest BCUT2D eigenvalue weighted by atomic mass is 79.9. The van der Waals surface area contributed by atoms with Gasteiger partial charge in [-0.3, -0.25) is 0 Å². The van der Waals surface area contributed by atoms with E-state index < -0.39 is 0 Å². The van der Waals surface area contributed by atoms with Crippen LogP contribution in [0.3, 0.4) is 0 Å². The average Bonchev–Trinajstić information content (AvgIpc) is 2.19. The van der Waals surface area contributed by atoms with E-state index >= 15 is 0 Å². The molecule has 0 saturated heterocycles. The van der Waals surface area contributed by atoms with Crippen LogP contribution in [0.1, 0.15) is 31.9 Å². The van der Waals surface area contributed by atoms with Crippen LogP contribution in [0.15, 0.2) is 16.6 Å². The Morgan fingerprint density at radius 2 is 1.59 bits per heavy atom. The Morgan fingerprint density at radius 1 is 1.06 bits per heavy atom. The summed E-state index contributed by atoms with van der Waals surface area (Å²) in [5.41, 5.74) is 3.93. The summed E-state index contributed by atoms with van der Waals surface area (Å²) < 4.78 is 1.20. The smallest absolute Gasteiger partial charge is 0.0346 e. The molecule has 17 heavy (non-hydrogen) atoms. The summed E-state index contributed by atoms with van der Waals surface area (Å²) in [5.74, 6) is 0. The third-order valence-electron chi connectivity index (χ3n) is 2.55. The summed E-state index contributed by atoms with van der Waals surface area (Å²) >= 11 is 3.58. The van der Waals surface area contributed by atoms with Crippen molar-refractivity contribution in [2.24, 2.45) is 0 Å². The summed E-state index contributed by atoms with van der Waals surface area (Å²) in [7, 11) is 0. The second-order valence-electron chi connectivity index (χ2n) is 5.53. The minimum absolute atomic E-state index is 0.188. The van der Waals surface area contributed by atoms with Gasteiger partial charge in [-0.2, -0.15) is 0 Å². The fraction of sp³-hybridized carbons (Fsp3) is 0.571. The van der Waals surface area contributed by atoms with Gasteiger partial charge >= 0.3 is 0 Å². The minimum Gasteiger partial charge on any atom is -0.384 e. The van der Waals surface area contributed by atoms with Crippen molar-refractivity contribution in [1.82, 2.24) is 5.32 Å². The van der Waals surface area contributed by atoms with E-state index in [0.29, 0.717) is 0 Å². The first kappa shape index (κ1) is 14.5. The molecule has 0 saturated carbocycles. The van der Waals surface area contributed by atoms with Gasteiger partial charge in [0.2, 0.25) is 0 Å². The van der Waals surface area contributed by atoms with Gasteiger partial charge in [-0.15, -0.1) is 0 Å². The third kappa shape index (κ3) is 5.09. The van der Waals surface area contributed by atoms with Crippen LogP contribution >= 0.6 is 15.9 Å². The topological polar surface area (TPSA) is 24.1 Å². The lowest BCUT2D eigenvalue weighted by atomic mass is 10.1. The molecule has 1 rings (SSSR count). The highest BCUT2D eigenvalue weighted by Crippen LogP contribution is 2.24. The molecule has 0 spiro atoms. The van der Waals surface area contributed by atoms with Crippen LogP contribution in [0.25, 0.3) is 0 Å². The first-order valence-corrected chi connectivity index (χ1v) is 6.84. The summed E-state index contributed by atoms with van der Waals surface area (Å²) in [6.45, 7) is 12.7. The van der Waals surface area contributed by atoms with Gasteiger partial charge in [-0.05, 0) is 57.9 Å². The van der Waals surface area contributed by atoms with E-state index in [-0.39, 0.29) is 5.54 Å². The van der Waals surface area contributed by atoms with Crippen molar-refractivity contribution in [2.45, 2.75) is 40.2 Å². The van der Waals surface area contributed by atoms with E-state index in [1.165, 1.54) is 21.3 Å². The van der Waals surface area contributed by atoms with Crippen molar-refractivity contribution in [3.05, 3.63) is 27.7 Å². The normalized spacial score (nSPS) is 11.6. The molecule has 0 aliphatic rings. The zero-order chi connectivity index (χ0) is 13.1. The van der Waals surface area contributed by atoms with Crippen molar-refractivity contribution in [3.63, 3.8) is 0 Å². The van der Waals surface area contributed by atoms with Gasteiger partial charge in [-0.25, -0.2) is 0 Å². The minimum atomic E-state index is 0.188. The Labute approximate surface area is 113 Å². The first-order chi connectivity index (χ1) is 7.79. The molecule has 0 amide bonds. The molecule has 2 N–H and O–H groups in total. The van der Waals surface area contributed by atoms with E-state index in [0.717, 1.165) is 13.1 Å². The molecule has 0 bridgehead atoms. The van der Waals surface area contributed by atoms with Crippen LogP contribution < -0.4 is 10.6 Å².